The fraction of sp³-hybridized carbons (Fsp3) is 0.583. The number of nitrogens with zero attached hydrogens (tertiary/aromatic N) is 2. The Morgan fingerprint density at radius 2 is 2.43 bits per heavy atom. The highest BCUT2D eigenvalue weighted by Gasteiger charge is 2.24. The molecule has 14 heavy (non-hydrogen) atoms. The number of pyridine rings is 1. The first-order valence-electron chi connectivity index (χ1n) is 5.47. The van der Waals surface area contributed by atoms with E-state index in [1.807, 2.05) is 6.20 Å². The summed E-state index contributed by atoms with van der Waals surface area (Å²) >= 11 is 0. The minimum absolute atomic E-state index is 0.610. The van der Waals surface area contributed by atoms with Crippen molar-refractivity contribution in [3.63, 3.8) is 0 Å². The summed E-state index contributed by atoms with van der Waals surface area (Å²) in [5.74, 6) is 0. The normalized spacial score (nSPS) is 22.9. The van der Waals surface area contributed by atoms with Crippen molar-refractivity contribution in [3.8, 4) is 0 Å². The van der Waals surface area contributed by atoms with Crippen LogP contribution in [-0.4, -0.2) is 23.5 Å². The van der Waals surface area contributed by atoms with Gasteiger partial charge in [0.1, 0.15) is 0 Å². The molecule has 2 heterocycles. The van der Waals surface area contributed by atoms with Crippen molar-refractivity contribution in [3.05, 3.63) is 29.6 Å². The van der Waals surface area contributed by atoms with E-state index in [1.165, 1.54) is 30.6 Å². The Bertz CT molecular complexity index is 309. The maximum atomic E-state index is 4.45. The third kappa shape index (κ3) is 1.67. The van der Waals surface area contributed by atoms with Crippen LogP contribution in [0.2, 0.25) is 0 Å². The molecule has 1 aliphatic heterocycles. The van der Waals surface area contributed by atoms with Gasteiger partial charge >= 0.3 is 0 Å². The first-order valence-corrected chi connectivity index (χ1v) is 5.47. The lowest BCUT2D eigenvalue weighted by molar-refractivity contribution is 0.315. The van der Waals surface area contributed by atoms with Gasteiger partial charge in [-0.15, -0.1) is 0 Å². The average molecular weight is 190 g/mol. The van der Waals surface area contributed by atoms with Crippen LogP contribution in [-0.2, 0) is 6.42 Å². The maximum Gasteiger partial charge on any atom is 0.0448 e. The van der Waals surface area contributed by atoms with Gasteiger partial charge in [0.05, 0.1) is 0 Å². The van der Waals surface area contributed by atoms with E-state index in [0.717, 1.165) is 6.42 Å². The monoisotopic (exact) mass is 190 g/mol. The largest absolute Gasteiger partial charge is 0.299 e. The van der Waals surface area contributed by atoms with Crippen LogP contribution in [0.4, 0.5) is 0 Å². The van der Waals surface area contributed by atoms with E-state index >= 15 is 0 Å². The molecular weight excluding hydrogens is 172 g/mol. The number of aromatic nitrogens is 1. The van der Waals surface area contributed by atoms with Crippen LogP contribution in [0, 0.1) is 0 Å². The van der Waals surface area contributed by atoms with E-state index in [0.29, 0.717) is 6.04 Å². The molecule has 0 saturated carbocycles. The number of likely N-dealkylation sites (tertiary alicyclic amines) is 1. The molecule has 2 nitrogen and oxygen atoms in total. The molecule has 0 aromatic carbocycles. The van der Waals surface area contributed by atoms with E-state index in [2.05, 4.69) is 36.0 Å². The fourth-order valence-corrected chi connectivity index (χ4v) is 2.35. The van der Waals surface area contributed by atoms with Crippen molar-refractivity contribution in [2.45, 2.75) is 32.2 Å². The molecule has 76 valence electrons. The predicted molar refractivity (Wildman–Crippen MR) is 58.2 cm³/mol. The first-order chi connectivity index (χ1) is 6.83. The van der Waals surface area contributed by atoms with Crippen molar-refractivity contribution < 1.29 is 0 Å². The second-order valence-electron chi connectivity index (χ2n) is 4.03. The summed E-state index contributed by atoms with van der Waals surface area (Å²) in [4.78, 5) is 6.89. The molecule has 0 N–H and O–H groups in total. The number of hydrogen-bond acceptors (Lipinski definition) is 2. The zero-order chi connectivity index (χ0) is 9.97. The minimum Gasteiger partial charge on any atom is -0.299 e. The Balaban J connectivity index is 2.30. The van der Waals surface area contributed by atoms with Crippen LogP contribution in [0.5, 0.6) is 0 Å². The molecule has 0 spiro atoms. The molecule has 0 aliphatic carbocycles. The van der Waals surface area contributed by atoms with Gasteiger partial charge in [0, 0.05) is 17.9 Å². The SMILES string of the molecule is CCc1ncccc1C1CCCN1C. The molecule has 1 fully saturated rings. The summed E-state index contributed by atoms with van der Waals surface area (Å²) in [6.07, 6.45) is 5.55. The molecule has 1 aromatic rings. The summed E-state index contributed by atoms with van der Waals surface area (Å²) in [7, 11) is 2.21. The zero-order valence-corrected chi connectivity index (χ0v) is 9.03. The Morgan fingerprint density at radius 1 is 1.57 bits per heavy atom. The average Bonchev–Trinajstić information content (AvgIpc) is 2.64. The Hall–Kier alpha value is -0.890. The molecule has 0 bridgehead atoms. The smallest absolute Gasteiger partial charge is 0.0448 e. The third-order valence-electron chi connectivity index (χ3n) is 3.14. The first kappa shape index (κ1) is 9.66. The topological polar surface area (TPSA) is 16.1 Å². The highest BCUT2D eigenvalue weighted by atomic mass is 15.1. The molecule has 1 aromatic heterocycles. The second-order valence-corrected chi connectivity index (χ2v) is 4.03. The summed E-state index contributed by atoms with van der Waals surface area (Å²) in [6, 6.07) is 4.90. The lowest BCUT2D eigenvalue weighted by Crippen LogP contribution is -2.19. The van der Waals surface area contributed by atoms with E-state index in [4.69, 9.17) is 0 Å². The minimum atomic E-state index is 0.610. The van der Waals surface area contributed by atoms with E-state index in [1.54, 1.807) is 0 Å². The third-order valence-corrected chi connectivity index (χ3v) is 3.14. The van der Waals surface area contributed by atoms with E-state index in [9.17, 15) is 0 Å². The van der Waals surface area contributed by atoms with Gasteiger partial charge in [-0.3, -0.25) is 9.88 Å². The van der Waals surface area contributed by atoms with Crippen molar-refractivity contribution in [1.29, 1.82) is 0 Å². The van der Waals surface area contributed by atoms with Gasteiger partial charge in [0.15, 0.2) is 0 Å². The zero-order valence-electron chi connectivity index (χ0n) is 9.03. The molecule has 1 unspecified atom stereocenters. The number of aryl methyl sites for hydroxylation is 1. The molecule has 0 amide bonds. The summed E-state index contributed by atoms with van der Waals surface area (Å²) in [6.45, 7) is 3.41. The molecule has 2 rings (SSSR count). The fourth-order valence-electron chi connectivity index (χ4n) is 2.35. The second kappa shape index (κ2) is 4.09. The molecule has 2 heteroatoms. The van der Waals surface area contributed by atoms with Crippen molar-refractivity contribution in [2.24, 2.45) is 0 Å². The van der Waals surface area contributed by atoms with E-state index < -0.39 is 0 Å². The number of rotatable bonds is 2. The lowest BCUT2D eigenvalue weighted by Gasteiger charge is -2.21. The highest BCUT2D eigenvalue weighted by molar-refractivity contribution is 5.24. The van der Waals surface area contributed by atoms with E-state index in [-0.39, 0.29) is 0 Å². The molecule has 1 aliphatic rings. The molecule has 1 atom stereocenters. The summed E-state index contributed by atoms with van der Waals surface area (Å²) in [5, 5.41) is 0. The van der Waals surface area contributed by atoms with Crippen LogP contribution in [0.3, 0.4) is 0 Å². The Kier molecular flexibility index (Phi) is 2.82. The van der Waals surface area contributed by atoms with Crippen LogP contribution >= 0.6 is 0 Å². The summed E-state index contributed by atoms with van der Waals surface area (Å²) < 4.78 is 0. The Morgan fingerprint density at radius 3 is 3.07 bits per heavy atom. The molecule has 1 saturated heterocycles. The quantitative estimate of drug-likeness (QED) is 0.712. The van der Waals surface area contributed by atoms with Crippen molar-refractivity contribution >= 4 is 0 Å². The van der Waals surface area contributed by atoms with Gasteiger partial charge in [-0.05, 0) is 44.5 Å². The summed E-state index contributed by atoms with van der Waals surface area (Å²) in [5.41, 5.74) is 2.71. The maximum absolute atomic E-state index is 4.45. The van der Waals surface area contributed by atoms with Crippen molar-refractivity contribution in [2.75, 3.05) is 13.6 Å². The lowest BCUT2D eigenvalue weighted by atomic mass is 10.0. The molecular formula is C12H18N2. The van der Waals surface area contributed by atoms with Gasteiger partial charge in [-0.2, -0.15) is 0 Å². The van der Waals surface area contributed by atoms with Gasteiger partial charge in [0.25, 0.3) is 0 Å². The Labute approximate surface area is 86.0 Å². The van der Waals surface area contributed by atoms with Crippen LogP contribution in [0.15, 0.2) is 18.3 Å². The highest BCUT2D eigenvalue weighted by Crippen LogP contribution is 2.31. The van der Waals surface area contributed by atoms with Gasteiger partial charge < -0.3 is 0 Å². The standard InChI is InChI=1S/C12H18N2/c1-3-11-10(6-4-8-13-11)12-7-5-9-14(12)2/h4,6,8,12H,3,5,7,9H2,1-2H3. The molecule has 0 radical (unpaired) electrons. The predicted octanol–water partition coefficient (Wildman–Crippen LogP) is 2.41. The van der Waals surface area contributed by atoms with Crippen LogP contribution in [0.1, 0.15) is 37.1 Å². The van der Waals surface area contributed by atoms with Crippen LogP contribution < -0.4 is 0 Å². The van der Waals surface area contributed by atoms with Gasteiger partial charge in [-0.1, -0.05) is 13.0 Å². The number of hydrogen-bond donors (Lipinski definition) is 0. The van der Waals surface area contributed by atoms with Gasteiger partial charge in [-0.25, -0.2) is 0 Å². The van der Waals surface area contributed by atoms with Gasteiger partial charge in [0.2, 0.25) is 0 Å². The van der Waals surface area contributed by atoms with Crippen LogP contribution in [0.25, 0.3) is 0 Å². The van der Waals surface area contributed by atoms with Crippen molar-refractivity contribution in [1.82, 2.24) is 9.88 Å².